The Morgan fingerprint density at radius 2 is 1.95 bits per heavy atom. The van der Waals surface area contributed by atoms with Gasteiger partial charge in [0.25, 0.3) is 0 Å². The predicted octanol–water partition coefficient (Wildman–Crippen LogP) is 3.51. The lowest BCUT2D eigenvalue weighted by molar-refractivity contribution is 0.612. The zero-order chi connectivity index (χ0) is 15.0. The van der Waals surface area contributed by atoms with Crippen LogP contribution in [0.3, 0.4) is 0 Å². The van der Waals surface area contributed by atoms with Gasteiger partial charge < -0.3 is 9.73 Å². The summed E-state index contributed by atoms with van der Waals surface area (Å²) < 4.78 is 6.02. The van der Waals surface area contributed by atoms with Gasteiger partial charge in [-0.1, -0.05) is 0 Å². The largest absolute Gasteiger partial charge is 0.453 e. The first kappa shape index (κ1) is 13.6. The molecule has 0 unspecified atom stereocenters. The number of anilines is 1. The van der Waals surface area contributed by atoms with E-state index in [9.17, 15) is 0 Å². The summed E-state index contributed by atoms with van der Waals surface area (Å²) in [6.07, 6.45) is 0. The minimum Gasteiger partial charge on any atom is -0.453 e. The van der Waals surface area contributed by atoms with Crippen molar-refractivity contribution >= 4 is 16.8 Å². The first-order valence-corrected chi connectivity index (χ1v) is 7.15. The van der Waals surface area contributed by atoms with Crippen molar-refractivity contribution in [3.63, 3.8) is 0 Å². The summed E-state index contributed by atoms with van der Waals surface area (Å²) >= 11 is 0. The molecule has 1 aromatic carbocycles. The van der Waals surface area contributed by atoms with E-state index in [0.717, 1.165) is 45.7 Å². The van der Waals surface area contributed by atoms with Crippen LogP contribution in [-0.4, -0.2) is 18.6 Å². The minimum absolute atomic E-state index is 0.764. The summed E-state index contributed by atoms with van der Waals surface area (Å²) in [5, 5.41) is 4.28. The predicted molar refractivity (Wildman–Crippen MR) is 85.8 cm³/mol. The Kier molecular flexibility index (Phi) is 3.37. The van der Waals surface area contributed by atoms with Crippen LogP contribution in [0.25, 0.3) is 22.6 Å². The average molecular weight is 281 g/mol. The molecule has 1 aliphatic carbocycles. The molecule has 1 aromatic rings. The van der Waals surface area contributed by atoms with Crippen molar-refractivity contribution in [2.75, 3.05) is 18.9 Å². The molecule has 0 saturated carbocycles. The normalized spacial score (nSPS) is 12.3. The van der Waals surface area contributed by atoms with Gasteiger partial charge in [-0.25, -0.2) is 4.98 Å². The Labute approximate surface area is 123 Å². The summed E-state index contributed by atoms with van der Waals surface area (Å²) in [7, 11) is 1.79. The number of nitrogens with one attached hydrogen (secondary N) is 1. The molecular formula is C17H19N3O. The second-order valence-corrected chi connectivity index (χ2v) is 5.21. The molecule has 4 heteroatoms. The second-order valence-electron chi connectivity index (χ2n) is 5.21. The summed E-state index contributed by atoms with van der Waals surface area (Å²) in [6.45, 7) is 7.07. The smallest absolute Gasteiger partial charge is 0.155 e. The van der Waals surface area contributed by atoms with Gasteiger partial charge in [0.1, 0.15) is 11.2 Å². The maximum atomic E-state index is 6.02. The monoisotopic (exact) mass is 281 g/mol. The molecule has 0 radical (unpaired) electrons. The van der Waals surface area contributed by atoms with E-state index in [4.69, 9.17) is 9.40 Å². The van der Waals surface area contributed by atoms with E-state index in [1.165, 1.54) is 5.56 Å². The highest BCUT2D eigenvalue weighted by Crippen LogP contribution is 2.28. The number of hydrogen-bond donors (Lipinski definition) is 1. The fourth-order valence-electron chi connectivity index (χ4n) is 2.54. The van der Waals surface area contributed by atoms with Crippen LogP contribution in [-0.2, 0) is 0 Å². The lowest BCUT2D eigenvalue weighted by Crippen LogP contribution is -2.08. The van der Waals surface area contributed by atoms with Crippen molar-refractivity contribution in [3.05, 3.63) is 40.7 Å². The molecule has 4 nitrogen and oxygen atoms in total. The highest BCUT2D eigenvalue weighted by Gasteiger charge is 2.12. The van der Waals surface area contributed by atoms with Crippen molar-refractivity contribution in [1.29, 1.82) is 0 Å². The van der Waals surface area contributed by atoms with E-state index in [2.05, 4.69) is 30.2 Å². The van der Waals surface area contributed by atoms with E-state index in [1.54, 1.807) is 7.05 Å². The van der Waals surface area contributed by atoms with Gasteiger partial charge in [0.15, 0.2) is 11.3 Å². The van der Waals surface area contributed by atoms with Gasteiger partial charge in [0.2, 0.25) is 0 Å². The molecule has 0 atom stereocenters. The molecule has 1 N–H and O–H groups in total. The van der Waals surface area contributed by atoms with E-state index in [0.29, 0.717) is 0 Å². The lowest BCUT2D eigenvalue weighted by Gasteiger charge is -2.11. The molecule has 108 valence electrons. The molecule has 0 bridgehead atoms. The Morgan fingerprint density at radius 3 is 2.67 bits per heavy atom. The third-order valence-corrected chi connectivity index (χ3v) is 3.65. The zero-order valence-electron chi connectivity index (χ0n) is 12.8. The summed E-state index contributed by atoms with van der Waals surface area (Å²) in [5.74, 6) is 0.764. The Morgan fingerprint density at radius 1 is 1.14 bits per heavy atom. The van der Waals surface area contributed by atoms with Crippen molar-refractivity contribution < 1.29 is 4.42 Å². The molecular weight excluding hydrogens is 262 g/mol. The lowest BCUT2D eigenvalue weighted by atomic mass is 10.1. The summed E-state index contributed by atoms with van der Waals surface area (Å²) in [4.78, 5) is 8.97. The number of aromatic nitrogens is 1. The first-order chi connectivity index (χ1) is 10.1. The maximum absolute atomic E-state index is 6.02. The number of hydrogen-bond acceptors (Lipinski definition) is 4. The van der Waals surface area contributed by atoms with E-state index in [-0.39, 0.29) is 0 Å². The molecule has 0 fully saturated rings. The molecule has 21 heavy (non-hydrogen) atoms. The van der Waals surface area contributed by atoms with Crippen LogP contribution in [0.4, 0.5) is 5.69 Å². The molecule has 0 saturated heterocycles. The van der Waals surface area contributed by atoms with Crippen LogP contribution in [0.15, 0.2) is 33.7 Å². The van der Waals surface area contributed by atoms with Crippen LogP contribution in [0.1, 0.15) is 18.1 Å². The average Bonchev–Trinajstić information content (AvgIpc) is 2.46. The number of fused-ring (bicyclic) bond motifs is 2. The first-order valence-electron chi connectivity index (χ1n) is 7.15. The third kappa shape index (κ3) is 2.37. The summed E-state index contributed by atoms with van der Waals surface area (Å²) in [5.41, 5.74) is 5.89. The highest BCUT2D eigenvalue weighted by atomic mass is 16.3. The van der Waals surface area contributed by atoms with Crippen molar-refractivity contribution in [1.82, 2.24) is 4.98 Å². The van der Waals surface area contributed by atoms with Crippen LogP contribution in [0.5, 0.6) is 0 Å². The molecule has 1 heterocycles. The number of nitrogens with zero attached hydrogens (tertiary/aromatic N) is 2. The standard InChI is InChI=1S/C17H19N3O/c1-5-19-13-9-17-15(7-11(13)3)20-14-6-10(2)12(18-4)8-16(14)21-17/h6-9,19H,5H2,1-4H3/b18-12-. The SMILES string of the molecule is CCNc1cc2oc3c/c(=N/C)c(C)cc-3nc2cc1C. The quantitative estimate of drug-likeness (QED) is 0.731. The van der Waals surface area contributed by atoms with Gasteiger partial charge in [-0.3, -0.25) is 4.99 Å². The fourth-order valence-corrected chi connectivity index (χ4v) is 2.54. The highest BCUT2D eigenvalue weighted by molar-refractivity contribution is 5.81. The van der Waals surface area contributed by atoms with Crippen molar-refractivity contribution in [3.8, 4) is 11.5 Å². The third-order valence-electron chi connectivity index (χ3n) is 3.65. The van der Waals surface area contributed by atoms with Crippen LogP contribution >= 0.6 is 0 Å². The van der Waals surface area contributed by atoms with Gasteiger partial charge in [-0.05, 0) is 44.0 Å². The number of aryl methyl sites for hydroxylation is 2. The number of benzene rings is 2. The van der Waals surface area contributed by atoms with E-state index in [1.807, 2.05) is 25.1 Å². The second kappa shape index (κ2) is 5.20. The topological polar surface area (TPSA) is 50.4 Å². The fraction of sp³-hybridized carbons (Fsp3) is 0.294. The van der Waals surface area contributed by atoms with Gasteiger partial charge >= 0.3 is 0 Å². The molecule has 2 aliphatic rings. The Balaban J connectivity index is 2.31. The zero-order valence-corrected chi connectivity index (χ0v) is 12.8. The van der Waals surface area contributed by atoms with Crippen LogP contribution in [0.2, 0.25) is 0 Å². The van der Waals surface area contributed by atoms with E-state index < -0.39 is 0 Å². The molecule has 1 aliphatic heterocycles. The van der Waals surface area contributed by atoms with Crippen LogP contribution < -0.4 is 10.7 Å². The maximum Gasteiger partial charge on any atom is 0.155 e. The number of rotatable bonds is 2. The van der Waals surface area contributed by atoms with Crippen molar-refractivity contribution in [2.45, 2.75) is 20.8 Å². The minimum atomic E-state index is 0.764. The molecule has 0 amide bonds. The van der Waals surface area contributed by atoms with E-state index >= 15 is 0 Å². The molecule has 0 aromatic heterocycles. The summed E-state index contributed by atoms with van der Waals surface area (Å²) in [6, 6.07) is 8.05. The molecule has 3 rings (SSSR count). The Bertz CT molecular complexity index is 849. The van der Waals surface area contributed by atoms with Gasteiger partial charge in [-0.2, -0.15) is 0 Å². The van der Waals surface area contributed by atoms with Crippen molar-refractivity contribution in [2.24, 2.45) is 4.99 Å². The van der Waals surface area contributed by atoms with Gasteiger partial charge in [0.05, 0.1) is 5.36 Å². The Hall–Kier alpha value is -2.36. The van der Waals surface area contributed by atoms with Gasteiger partial charge in [0, 0.05) is 31.4 Å². The van der Waals surface area contributed by atoms with Crippen LogP contribution in [0, 0.1) is 13.8 Å². The van der Waals surface area contributed by atoms with Gasteiger partial charge in [-0.15, -0.1) is 0 Å². The molecule has 0 spiro atoms.